The molecule has 0 N–H and O–H groups in total. The maximum Gasteiger partial charge on any atom is 0.271 e. The van der Waals surface area contributed by atoms with Gasteiger partial charge >= 0.3 is 0 Å². The number of aromatic nitrogens is 1. The van der Waals surface area contributed by atoms with Crippen molar-refractivity contribution in [3.05, 3.63) is 59.3 Å². The number of aryl methyl sites for hydroxylation is 1. The number of para-hydroxylation sites is 2. The Morgan fingerprint density at radius 2 is 1.63 bits per heavy atom. The van der Waals surface area contributed by atoms with Crippen LogP contribution in [0.5, 0.6) is 0 Å². The number of rotatable bonds is 0. The van der Waals surface area contributed by atoms with Gasteiger partial charge in [-0.1, -0.05) is 24.3 Å². The minimum absolute atomic E-state index is 0.617. The third-order valence-corrected chi connectivity index (χ3v) is 3.64. The molecule has 2 heterocycles. The average Bonchev–Trinajstić information content (AvgIpc) is 2.84. The topological polar surface area (TPSA) is 40.1 Å². The first-order valence-corrected chi connectivity index (χ1v) is 6.19. The van der Waals surface area contributed by atoms with E-state index in [4.69, 9.17) is 4.42 Å². The summed E-state index contributed by atoms with van der Waals surface area (Å²) in [4.78, 5) is 0. The molecule has 0 spiro atoms. The van der Waals surface area contributed by atoms with Crippen LogP contribution in [0.2, 0.25) is 0 Å². The molecule has 0 aliphatic heterocycles. The Labute approximate surface area is 109 Å². The molecule has 19 heavy (non-hydrogen) atoms. The summed E-state index contributed by atoms with van der Waals surface area (Å²) in [5.74, 6) is 0. The van der Waals surface area contributed by atoms with Gasteiger partial charge in [-0.2, -0.15) is 4.73 Å². The Bertz CT molecular complexity index is 938. The van der Waals surface area contributed by atoms with Gasteiger partial charge in [-0.05, 0) is 25.1 Å². The van der Waals surface area contributed by atoms with Crippen molar-refractivity contribution in [1.82, 2.24) is 0 Å². The van der Waals surface area contributed by atoms with Crippen LogP contribution in [0.1, 0.15) is 5.56 Å². The highest BCUT2D eigenvalue weighted by Crippen LogP contribution is 2.31. The summed E-state index contributed by atoms with van der Waals surface area (Å²) in [5.41, 5.74) is 3.73. The van der Waals surface area contributed by atoms with Gasteiger partial charge in [0.15, 0.2) is 0 Å². The molecule has 3 heteroatoms. The second-order valence-corrected chi connectivity index (χ2v) is 4.71. The Hall–Kier alpha value is -2.55. The highest BCUT2D eigenvalue weighted by molar-refractivity contribution is 6.05. The average molecular weight is 249 g/mol. The van der Waals surface area contributed by atoms with E-state index in [-0.39, 0.29) is 0 Å². The van der Waals surface area contributed by atoms with Crippen molar-refractivity contribution < 1.29 is 9.15 Å². The van der Waals surface area contributed by atoms with E-state index in [0.29, 0.717) is 16.6 Å². The van der Waals surface area contributed by atoms with E-state index in [2.05, 4.69) is 0 Å². The second kappa shape index (κ2) is 3.48. The van der Waals surface area contributed by atoms with E-state index in [1.165, 1.54) is 0 Å². The zero-order valence-electron chi connectivity index (χ0n) is 10.4. The van der Waals surface area contributed by atoms with Crippen molar-refractivity contribution >= 4 is 33.0 Å². The molecule has 4 aromatic rings. The van der Waals surface area contributed by atoms with Crippen LogP contribution in [-0.4, -0.2) is 0 Å². The molecule has 0 aliphatic rings. The second-order valence-electron chi connectivity index (χ2n) is 4.71. The molecule has 0 amide bonds. The lowest BCUT2D eigenvalue weighted by Gasteiger charge is -2.05. The van der Waals surface area contributed by atoms with E-state index in [0.717, 1.165) is 26.6 Å². The van der Waals surface area contributed by atoms with Crippen LogP contribution in [0.15, 0.2) is 52.9 Å². The minimum atomic E-state index is 0.617. The molecule has 0 saturated heterocycles. The van der Waals surface area contributed by atoms with Crippen LogP contribution in [0, 0.1) is 12.1 Å². The van der Waals surface area contributed by atoms with Crippen LogP contribution < -0.4 is 4.73 Å². The van der Waals surface area contributed by atoms with Crippen LogP contribution in [0.4, 0.5) is 0 Å². The summed E-state index contributed by atoms with van der Waals surface area (Å²) in [6, 6.07) is 15.2. The smallest absolute Gasteiger partial charge is 0.271 e. The standard InChI is InChI=1S/C16H11NO2/c1-10-11-6-2-4-8-13(11)17(18)15-12-7-3-5-9-14(12)19-16(10)15/h2-9H,1H3. The van der Waals surface area contributed by atoms with E-state index < -0.39 is 0 Å². The quantitative estimate of drug-likeness (QED) is 0.352. The maximum atomic E-state index is 12.6. The summed E-state index contributed by atoms with van der Waals surface area (Å²) >= 11 is 0. The first-order valence-electron chi connectivity index (χ1n) is 6.19. The van der Waals surface area contributed by atoms with E-state index in [9.17, 15) is 5.21 Å². The van der Waals surface area contributed by atoms with Crippen molar-refractivity contribution in [1.29, 1.82) is 0 Å². The molecule has 3 nitrogen and oxygen atoms in total. The Morgan fingerprint density at radius 3 is 2.47 bits per heavy atom. The molecule has 92 valence electrons. The number of hydrogen-bond acceptors (Lipinski definition) is 2. The Kier molecular flexibility index (Phi) is 1.90. The van der Waals surface area contributed by atoms with Gasteiger partial charge in [0.1, 0.15) is 5.58 Å². The third-order valence-electron chi connectivity index (χ3n) is 3.64. The van der Waals surface area contributed by atoms with Crippen molar-refractivity contribution in [3.8, 4) is 0 Å². The molecule has 0 radical (unpaired) electrons. The van der Waals surface area contributed by atoms with Gasteiger partial charge in [-0.15, -0.1) is 0 Å². The molecule has 2 aromatic heterocycles. The molecule has 0 aliphatic carbocycles. The molecule has 2 aromatic carbocycles. The molecule has 0 bridgehead atoms. The zero-order chi connectivity index (χ0) is 13.0. The van der Waals surface area contributed by atoms with Crippen LogP contribution in [0.3, 0.4) is 0 Å². The van der Waals surface area contributed by atoms with E-state index >= 15 is 0 Å². The van der Waals surface area contributed by atoms with E-state index in [1.54, 1.807) is 0 Å². The fraction of sp³-hybridized carbons (Fsp3) is 0.0625. The van der Waals surface area contributed by atoms with Crippen molar-refractivity contribution in [3.63, 3.8) is 0 Å². The van der Waals surface area contributed by atoms with Gasteiger partial charge in [0.2, 0.25) is 11.1 Å². The van der Waals surface area contributed by atoms with Gasteiger partial charge in [0, 0.05) is 11.6 Å². The van der Waals surface area contributed by atoms with Crippen molar-refractivity contribution in [2.24, 2.45) is 0 Å². The highest BCUT2D eigenvalue weighted by Gasteiger charge is 2.21. The predicted molar refractivity (Wildman–Crippen MR) is 74.9 cm³/mol. The SMILES string of the molecule is Cc1c2ccccc2[n+]([O-])c2c1oc1ccccc12. The molecular weight excluding hydrogens is 238 g/mol. The number of pyridine rings is 1. The number of furan rings is 1. The summed E-state index contributed by atoms with van der Waals surface area (Å²) in [7, 11) is 0. The fourth-order valence-electron chi connectivity index (χ4n) is 2.70. The van der Waals surface area contributed by atoms with Gasteiger partial charge < -0.3 is 9.62 Å². The number of nitrogens with zero attached hydrogens (tertiary/aromatic N) is 1. The monoisotopic (exact) mass is 249 g/mol. The summed E-state index contributed by atoms with van der Waals surface area (Å²) in [6.07, 6.45) is 0. The molecule has 0 saturated carbocycles. The molecule has 0 fully saturated rings. The van der Waals surface area contributed by atoms with Crippen LogP contribution in [0.25, 0.3) is 33.0 Å². The number of hydrogen-bond donors (Lipinski definition) is 0. The van der Waals surface area contributed by atoms with Crippen LogP contribution >= 0.6 is 0 Å². The summed E-state index contributed by atoms with van der Waals surface area (Å²) in [5, 5.41) is 14.4. The summed E-state index contributed by atoms with van der Waals surface area (Å²) < 4.78 is 6.83. The van der Waals surface area contributed by atoms with E-state index in [1.807, 2.05) is 55.5 Å². The number of benzene rings is 2. The molecule has 0 unspecified atom stereocenters. The highest BCUT2D eigenvalue weighted by atomic mass is 16.5. The predicted octanol–water partition coefficient (Wildman–Crippen LogP) is 3.68. The van der Waals surface area contributed by atoms with Gasteiger partial charge in [-0.25, -0.2) is 0 Å². The lowest BCUT2D eigenvalue weighted by atomic mass is 10.1. The lowest BCUT2D eigenvalue weighted by Crippen LogP contribution is -2.28. The first-order chi connectivity index (χ1) is 9.27. The molecule has 0 atom stereocenters. The van der Waals surface area contributed by atoms with Gasteiger partial charge in [0.25, 0.3) is 5.52 Å². The Morgan fingerprint density at radius 1 is 0.947 bits per heavy atom. The largest absolute Gasteiger partial charge is 0.618 e. The number of fused-ring (bicyclic) bond motifs is 4. The summed E-state index contributed by atoms with van der Waals surface area (Å²) in [6.45, 7) is 1.99. The third kappa shape index (κ3) is 1.24. The zero-order valence-corrected chi connectivity index (χ0v) is 10.4. The maximum absolute atomic E-state index is 12.6. The lowest BCUT2D eigenvalue weighted by molar-refractivity contribution is -0.547. The van der Waals surface area contributed by atoms with Crippen molar-refractivity contribution in [2.75, 3.05) is 0 Å². The normalized spacial score (nSPS) is 11.6. The van der Waals surface area contributed by atoms with Crippen LogP contribution in [-0.2, 0) is 0 Å². The van der Waals surface area contributed by atoms with Gasteiger partial charge in [-0.3, -0.25) is 0 Å². The minimum Gasteiger partial charge on any atom is -0.618 e. The molecule has 4 rings (SSSR count). The first kappa shape index (κ1) is 10.4. The fourth-order valence-corrected chi connectivity index (χ4v) is 2.70. The molecular formula is C16H11NO2. The van der Waals surface area contributed by atoms with Crippen molar-refractivity contribution in [2.45, 2.75) is 6.92 Å². The Balaban J connectivity index is 2.39. The van der Waals surface area contributed by atoms with Gasteiger partial charge in [0.05, 0.1) is 10.8 Å².